The molecule has 1 saturated heterocycles. The van der Waals surface area contributed by atoms with Crippen molar-refractivity contribution in [2.45, 2.75) is 6.92 Å². The van der Waals surface area contributed by atoms with E-state index in [0.717, 1.165) is 25.9 Å². The summed E-state index contributed by atoms with van der Waals surface area (Å²) in [6, 6.07) is 13.9. The molecule has 168 valence electrons. The van der Waals surface area contributed by atoms with Crippen molar-refractivity contribution >= 4 is 50.8 Å². The van der Waals surface area contributed by atoms with E-state index in [9.17, 15) is 9.59 Å². The smallest absolute Gasteiger partial charge is 0.275 e. The summed E-state index contributed by atoms with van der Waals surface area (Å²) in [7, 11) is 0. The fraction of sp³-hybridized carbons (Fsp3) is 0.208. The maximum Gasteiger partial charge on any atom is 0.275 e. The first-order valence-corrected chi connectivity index (χ1v) is 13.1. The predicted octanol–water partition coefficient (Wildman–Crippen LogP) is 5.63. The van der Waals surface area contributed by atoms with Gasteiger partial charge in [-0.2, -0.15) is 0 Å². The molecule has 1 aliphatic heterocycles. The third-order valence-electron chi connectivity index (χ3n) is 5.39. The zero-order valence-corrected chi connectivity index (χ0v) is 20.3. The number of carbonyl (C=O) groups is 2. The molecule has 1 aromatic carbocycles. The Morgan fingerprint density at radius 1 is 1.06 bits per heavy atom. The molecule has 4 aromatic rings. The van der Waals surface area contributed by atoms with Gasteiger partial charge in [0.25, 0.3) is 11.8 Å². The minimum Gasteiger partial charge on any atom is -0.378 e. The molecular weight excluding hydrogens is 474 g/mol. The quantitative estimate of drug-likeness (QED) is 0.389. The average molecular weight is 496 g/mol. The summed E-state index contributed by atoms with van der Waals surface area (Å²) in [5.74, 6) is -0.395. The highest BCUT2D eigenvalue weighted by atomic mass is 32.1. The van der Waals surface area contributed by atoms with Crippen molar-refractivity contribution in [1.82, 2.24) is 9.88 Å². The van der Waals surface area contributed by atoms with Crippen LogP contribution in [-0.4, -0.2) is 48.0 Å². The molecule has 0 atom stereocenters. The summed E-state index contributed by atoms with van der Waals surface area (Å²) in [5.41, 5.74) is 2.78. The maximum atomic E-state index is 13.5. The lowest BCUT2D eigenvalue weighted by Crippen LogP contribution is -2.41. The van der Waals surface area contributed by atoms with Gasteiger partial charge in [-0.15, -0.1) is 34.0 Å². The van der Waals surface area contributed by atoms with Crippen LogP contribution in [-0.2, 0) is 4.74 Å². The standard InChI is InChI=1S/C24H21N3O3S3/c1-15-19(24(29)27-9-11-30-12-10-27)23(33-20(15)16-6-3-2-4-7-16)26-21(28)17-14-32-22(25-17)18-8-5-13-31-18/h2-8,13-14H,9-12H2,1H3,(H,26,28). The van der Waals surface area contributed by atoms with Crippen molar-refractivity contribution in [2.24, 2.45) is 0 Å². The molecule has 0 saturated carbocycles. The van der Waals surface area contributed by atoms with Gasteiger partial charge in [-0.1, -0.05) is 36.4 Å². The van der Waals surface area contributed by atoms with Gasteiger partial charge >= 0.3 is 0 Å². The number of rotatable bonds is 5. The highest BCUT2D eigenvalue weighted by Gasteiger charge is 2.28. The molecule has 9 heteroatoms. The molecule has 1 fully saturated rings. The van der Waals surface area contributed by atoms with Crippen LogP contribution in [0.1, 0.15) is 26.4 Å². The van der Waals surface area contributed by atoms with E-state index >= 15 is 0 Å². The third kappa shape index (κ3) is 4.49. The molecule has 4 heterocycles. The van der Waals surface area contributed by atoms with Crippen molar-refractivity contribution in [3.63, 3.8) is 0 Å². The minimum atomic E-state index is -0.314. The molecule has 1 N–H and O–H groups in total. The highest BCUT2D eigenvalue weighted by molar-refractivity contribution is 7.20. The van der Waals surface area contributed by atoms with Crippen molar-refractivity contribution < 1.29 is 14.3 Å². The van der Waals surface area contributed by atoms with E-state index in [4.69, 9.17) is 4.74 Å². The zero-order valence-electron chi connectivity index (χ0n) is 17.9. The van der Waals surface area contributed by atoms with Gasteiger partial charge in [-0.05, 0) is 29.5 Å². The van der Waals surface area contributed by atoms with Crippen molar-refractivity contribution in [3.05, 3.63) is 70.0 Å². The zero-order chi connectivity index (χ0) is 22.8. The van der Waals surface area contributed by atoms with Crippen LogP contribution >= 0.6 is 34.0 Å². The molecule has 1 aliphatic rings. The number of benzene rings is 1. The van der Waals surface area contributed by atoms with E-state index < -0.39 is 0 Å². The lowest BCUT2D eigenvalue weighted by molar-refractivity contribution is 0.0303. The normalized spacial score (nSPS) is 13.8. The van der Waals surface area contributed by atoms with E-state index in [-0.39, 0.29) is 11.8 Å². The van der Waals surface area contributed by atoms with Crippen molar-refractivity contribution in [2.75, 3.05) is 31.6 Å². The molecule has 0 spiro atoms. The number of hydrogen-bond donors (Lipinski definition) is 1. The van der Waals surface area contributed by atoms with E-state index in [1.807, 2.05) is 54.8 Å². The summed E-state index contributed by atoms with van der Waals surface area (Å²) in [6.45, 7) is 4.07. The fourth-order valence-electron chi connectivity index (χ4n) is 3.71. The lowest BCUT2D eigenvalue weighted by atomic mass is 10.1. The Hall–Kier alpha value is -2.85. The number of aromatic nitrogens is 1. The van der Waals surface area contributed by atoms with Crippen LogP contribution in [0.5, 0.6) is 0 Å². The second-order valence-electron chi connectivity index (χ2n) is 7.50. The van der Waals surface area contributed by atoms with Crippen LogP contribution in [0, 0.1) is 6.92 Å². The van der Waals surface area contributed by atoms with Gasteiger partial charge in [0.05, 0.1) is 23.7 Å². The summed E-state index contributed by atoms with van der Waals surface area (Å²) in [6.07, 6.45) is 0. The van der Waals surface area contributed by atoms with E-state index in [2.05, 4.69) is 10.3 Å². The van der Waals surface area contributed by atoms with Gasteiger partial charge in [0.1, 0.15) is 15.7 Å². The summed E-state index contributed by atoms with van der Waals surface area (Å²) >= 11 is 4.45. The molecule has 6 nitrogen and oxygen atoms in total. The van der Waals surface area contributed by atoms with E-state index in [1.54, 1.807) is 21.6 Å². The maximum absolute atomic E-state index is 13.5. The Labute approximate surface area is 203 Å². The van der Waals surface area contributed by atoms with Gasteiger partial charge in [0.2, 0.25) is 0 Å². The van der Waals surface area contributed by atoms with Crippen LogP contribution in [0.4, 0.5) is 5.00 Å². The minimum absolute atomic E-state index is 0.0814. The second-order valence-corrected chi connectivity index (χ2v) is 10.3. The molecule has 0 radical (unpaired) electrons. The Bertz CT molecular complexity index is 1270. The number of nitrogens with zero attached hydrogens (tertiary/aromatic N) is 2. The highest BCUT2D eigenvalue weighted by Crippen LogP contribution is 2.41. The molecule has 5 rings (SSSR count). The van der Waals surface area contributed by atoms with Gasteiger partial charge in [0, 0.05) is 23.3 Å². The number of anilines is 1. The molecule has 33 heavy (non-hydrogen) atoms. The Balaban J connectivity index is 1.49. The van der Waals surface area contributed by atoms with Crippen molar-refractivity contribution in [3.8, 4) is 20.3 Å². The van der Waals surface area contributed by atoms with Crippen molar-refractivity contribution in [1.29, 1.82) is 0 Å². The topological polar surface area (TPSA) is 71.5 Å². The number of thiophene rings is 2. The molecular formula is C24H21N3O3S3. The average Bonchev–Trinajstić information content (AvgIpc) is 3.60. The first kappa shape index (κ1) is 22.0. The monoisotopic (exact) mass is 495 g/mol. The predicted molar refractivity (Wildman–Crippen MR) is 135 cm³/mol. The number of hydrogen-bond acceptors (Lipinski definition) is 7. The number of nitrogens with one attached hydrogen (secondary N) is 1. The summed E-state index contributed by atoms with van der Waals surface area (Å²) in [5, 5.41) is 8.09. The molecule has 0 unspecified atom stereocenters. The number of amides is 2. The van der Waals surface area contributed by atoms with Gasteiger partial charge in [-0.3, -0.25) is 9.59 Å². The Morgan fingerprint density at radius 3 is 2.58 bits per heavy atom. The number of morpholine rings is 1. The van der Waals surface area contributed by atoms with Crippen LogP contribution in [0.15, 0.2) is 53.2 Å². The molecule has 0 bridgehead atoms. The van der Waals surface area contributed by atoms with Crippen LogP contribution in [0.25, 0.3) is 20.3 Å². The summed E-state index contributed by atoms with van der Waals surface area (Å²) in [4.78, 5) is 34.9. The first-order chi connectivity index (χ1) is 16.1. The third-order valence-corrected chi connectivity index (χ3v) is 8.53. The molecule has 3 aromatic heterocycles. The lowest BCUT2D eigenvalue weighted by Gasteiger charge is -2.27. The SMILES string of the molecule is Cc1c(-c2ccccc2)sc(NC(=O)c2csc(-c3cccs3)n2)c1C(=O)N1CCOCC1. The molecule has 2 amide bonds. The van der Waals surface area contributed by atoms with Crippen LogP contribution in [0.2, 0.25) is 0 Å². The molecule has 0 aliphatic carbocycles. The van der Waals surface area contributed by atoms with E-state index in [0.29, 0.717) is 42.6 Å². The van der Waals surface area contributed by atoms with Gasteiger partial charge < -0.3 is 15.0 Å². The Kier molecular flexibility index (Phi) is 6.37. The number of thiazole rings is 1. The van der Waals surface area contributed by atoms with Crippen LogP contribution < -0.4 is 5.32 Å². The Morgan fingerprint density at radius 2 is 1.85 bits per heavy atom. The first-order valence-electron chi connectivity index (χ1n) is 10.5. The van der Waals surface area contributed by atoms with Gasteiger partial charge in [0.15, 0.2) is 0 Å². The summed E-state index contributed by atoms with van der Waals surface area (Å²) < 4.78 is 5.41. The largest absolute Gasteiger partial charge is 0.378 e. The van der Waals surface area contributed by atoms with Gasteiger partial charge in [-0.25, -0.2) is 4.98 Å². The number of ether oxygens (including phenoxy) is 1. The van der Waals surface area contributed by atoms with Crippen LogP contribution in [0.3, 0.4) is 0 Å². The fourth-order valence-corrected chi connectivity index (χ4v) is 6.52. The number of carbonyl (C=O) groups excluding carboxylic acids is 2. The van der Waals surface area contributed by atoms with E-state index in [1.165, 1.54) is 22.7 Å². The second kappa shape index (κ2) is 9.56.